The Morgan fingerprint density at radius 3 is 2.65 bits per heavy atom. The molecule has 1 aliphatic rings. The van der Waals surface area contributed by atoms with Crippen molar-refractivity contribution >= 4 is 49.6 Å². The molecule has 0 radical (unpaired) electrons. The molecule has 126 valence electrons. The molecule has 3 aromatic carbocycles. The maximum atomic E-state index is 12.8. The van der Waals surface area contributed by atoms with Crippen LogP contribution in [0.5, 0.6) is 0 Å². The van der Waals surface area contributed by atoms with Crippen LogP contribution in [-0.2, 0) is 4.79 Å². The number of nitrogens with one attached hydrogen (secondary N) is 1. The summed E-state index contributed by atoms with van der Waals surface area (Å²) >= 11 is 1.50. The number of nitrogens with zero attached hydrogens (tertiary/aromatic N) is 2. The Bertz CT molecular complexity index is 1140. The average Bonchev–Trinajstić information content (AvgIpc) is 3.21. The number of amidine groups is 1. The van der Waals surface area contributed by atoms with E-state index in [1.807, 2.05) is 71.6 Å². The number of para-hydroxylation sites is 1. The lowest BCUT2D eigenvalue weighted by Crippen LogP contribution is -2.25. The average molecular weight is 357 g/mol. The zero-order chi connectivity index (χ0) is 17.7. The predicted octanol–water partition coefficient (Wildman–Crippen LogP) is 4.60. The molecule has 1 atom stereocenters. The summed E-state index contributed by atoms with van der Waals surface area (Å²) in [5.41, 5.74) is 1.79. The second-order valence-corrected chi connectivity index (χ2v) is 7.45. The van der Waals surface area contributed by atoms with Crippen LogP contribution < -0.4 is 4.90 Å². The Morgan fingerprint density at radius 1 is 1.00 bits per heavy atom. The van der Waals surface area contributed by atoms with Gasteiger partial charge in [0.25, 0.3) is 0 Å². The van der Waals surface area contributed by atoms with Gasteiger partial charge in [0.2, 0.25) is 0 Å². The summed E-state index contributed by atoms with van der Waals surface area (Å²) in [5.74, 6) is -0.237. The Hall–Kier alpha value is -3.05. The minimum atomic E-state index is -0.577. The van der Waals surface area contributed by atoms with Crippen molar-refractivity contribution in [1.82, 2.24) is 4.98 Å². The Labute approximate surface area is 154 Å². The predicted molar refractivity (Wildman–Crippen MR) is 106 cm³/mol. The van der Waals surface area contributed by atoms with E-state index in [2.05, 4.69) is 4.98 Å². The van der Waals surface area contributed by atoms with E-state index in [4.69, 9.17) is 5.41 Å². The van der Waals surface area contributed by atoms with E-state index in [9.17, 15) is 4.79 Å². The summed E-state index contributed by atoms with van der Waals surface area (Å²) in [4.78, 5) is 19.2. The van der Waals surface area contributed by atoms with E-state index >= 15 is 0 Å². The number of carbonyl (C=O) groups is 1. The molecule has 5 heteroatoms. The third kappa shape index (κ3) is 2.24. The van der Waals surface area contributed by atoms with Crippen molar-refractivity contribution in [3.05, 3.63) is 71.7 Å². The number of carbonyl (C=O) groups excluding carboxylic acids is 1. The molecule has 0 bridgehead atoms. The first-order chi connectivity index (χ1) is 12.7. The van der Waals surface area contributed by atoms with Crippen molar-refractivity contribution < 1.29 is 4.79 Å². The highest BCUT2D eigenvalue weighted by Crippen LogP contribution is 2.36. The number of Topliss-reactive ketones (excluding diaryl/α,β-unsaturated/α-hetero) is 1. The number of thiazole rings is 1. The second-order valence-electron chi connectivity index (χ2n) is 6.39. The van der Waals surface area contributed by atoms with E-state index in [1.165, 1.54) is 11.3 Å². The summed E-state index contributed by atoms with van der Waals surface area (Å²) in [6.07, 6.45) is 0. The first kappa shape index (κ1) is 15.2. The van der Waals surface area contributed by atoms with Gasteiger partial charge in [0.05, 0.1) is 22.4 Å². The lowest BCUT2D eigenvalue weighted by molar-refractivity contribution is -0.116. The van der Waals surface area contributed by atoms with E-state index in [-0.39, 0.29) is 12.3 Å². The summed E-state index contributed by atoms with van der Waals surface area (Å²) in [6.45, 7) is 0.216. The molecule has 1 aromatic heterocycles. The van der Waals surface area contributed by atoms with Gasteiger partial charge in [-0.05, 0) is 23.6 Å². The molecule has 0 amide bonds. The summed E-state index contributed by atoms with van der Waals surface area (Å²) in [5, 5.41) is 11.6. The minimum Gasteiger partial charge on any atom is -0.321 e. The largest absolute Gasteiger partial charge is 0.321 e. The highest BCUT2D eigenvalue weighted by Gasteiger charge is 2.40. The van der Waals surface area contributed by atoms with Gasteiger partial charge in [-0.3, -0.25) is 10.2 Å². The van der Waals surface area contributed by atoms with Gasteiger partial charge in [-0.2, -0.15) is 0 Å². The number of hydrogen-bond acceptors (Lipinski definition) is 4. The van der Waals surface area contributed by atoms with E-state index in [1.54, 1.807) is 0 Å². The molecule has 2 heterocycles. The number of benzene rings is 3. The van der Waals surface area contributed by atoms with Crippen LogP contribution in [0.2, 0.25) is 0 Å². The van der Waals surface area contributed by atoms with Crippen LogP contribution in [0.3, 0.4) is 0 Å². The monoisotopic (exact) mass is 357 g/mol. The van der Waals surface area contributed by atoms with Gasteiger partial charge in [-0.1, -0.05) is 48.5 Å². The smallest absolute Gasteiger partial charge is 0.170 e. The fourth-order valence-electron chi connectivity index (χ4n) is 3.57. The molecule has 0 spiro atoms. The van der Waals surface area contributed by atoms with Crippen LogP contribution in [-0.4, -0.2) is 23.1 Å². The van der Waals surface area contributed by atoms with Gasteiger partial charge < -0.3 is 4.90 Å². The summed E-state index contributed by atoms with van der Waals surface area (Å²) in [6, 6.07) is 21.9. The van der Waals surface area contributed by atoms with E-state index in [0.29, 0.717) is 10.8 Å². The number of hydrogen-bond donors (Lipinski definition) is 1. The maximum absolute atomic E-state index is 12.8. The molecule has 1 N–H and O–H groups in total. The van der Waals surface area contributed by atoms with Crippen LogP contribution in [0, 0.1) is 5.41 Å². The first-order valence-corrected chi connectivity index (χ1v) is 9.26. The Balaban J connectivity index is 1.59. The topological polar surface area (TPSA) is 57.1 Å². The van der Waals surface area contributed by atoms with Gasteiger partial charge in [0, 0.05) is 5.39 Å². The van der Waals surface area contributed by atoms with E-state index in [0.717, 1.165) is 26.7 Å². The van der Waals surface area contributed by atoms with Crippen molar-refractivity contribution in [3.63, 3.8) is 0 Å². The molecule has 5 rings (SSSR count). The van der Waals surface area contributed by atoms with Gasteiger partial charge in [-0.15, -0.1) is 11.3 Å². The number of fused-ring (bicyclic) bond motifs is 2. The van der Waals surface area contributed by atoms with Crippen molar-refractivity contribution in [2.24, 2.45) is 0 Å². The SMILES string of the molecule is N=C1C(c2nc3ccccc3s2)C(=O)CN1c1cccc2ccccc12. The van der Waals surface area contributed by atoms with Crippen LogP contribution >= 0.6 is 11.3 Å². The zero-order valence-electron chi connectivity index (χ0n) is 13.8. The van der Waals surface area contributed by atoms with Gasteiger partial charge in [-0.25, -0.2) is 4.98 Å². The third-order valence-corrected chi connectivity index (χ3v) is 5.92. The Morgan fingerprint density at radius 2 is 1.77 bits per heavy atom. The van der Waals surface area contributed by atoms with Gasteiger partial charge in [0.1, 0.15) is 16.8 Å². The lowest BCUT2D eigenvalue weighted by atomic mass is 10.1. The van der Waals surface area contributed by atoms with Crippen molar-refractivity contribution in [1.29, 1.82) is 5.41 Å². The minimum absolute atomic E-state index is 0.0296. The number of ketones is 1. The third-order valence-electron chi connectivity index (χ3n) is 4.81. The first-order valence-electron chi connectivity index (χ1n) is 8.44. The Kier molecular flexibility index (Phi) is 3.36. The molecule has 1 aliphatic heterocycles. The molecule has 4 aromatic rings. The molecule has 4 nitrogen and oxygen atoms in total. The molecule has 1 unspecified atom stereocenters. The quantitative estimate of drug-likeness (QED) is 0.570. The highest BCUT2D eigenvalue weighted by molar-refractivity contribution is 7.18. The van der Waals surface area contributed by atoms with Crippen LogP contribution in [0.15, 0.2) is 66.7 Å². The molecule has 0 saturated carbocycles. The molecule has 1 saturated heterocycles. The molecular formula is C21H15N3OS. The van der Waals surface area contributed by atoms with Crippen molar-refractivity contribution in [2.75, 3.05) is 11.4 Å². The van der Waals surface area contributed by atoms with Crippen molar-refractivity contribution in [3.8, 4) is 0 Å². The maximum Gasteiger partial charge on any atom is 0.170 e. The fourth-order valence-corrected chi connectivity index (χ4v) is 4.66. The zero-order valence-corrected chi connectivity index (χ0v) is 14.7. The van der Waals surface area contributed by atoms with Gasteiger partial charge in [0.15, 0.2) is 5.78 Å². The number of aromatic nitrogens is 1. The van der Waals surface area contributed by atoms with E-state index < -0.39 is 5.92 Å². The molecular weight excluding hydrogens is 342 g/mol. The number of rotatable bonds is 2. The summed E-state index contributed by atoms with van der Waals surface area (Å²) < 4.78 is 1.05. The standard InChI is InChI=1S/C21H15N3OS/c22-20-19(21-23-15-9-3-4-11-18(15)26-21)17(25)12-24(20)16-10-5-7-13-6-1-2-8-14(13)16/h1-11,19,22H,12H2. The van der Waals surface area contributed by atoms with Crippen LogP contribution in [0.4, 0.5) is 5.69 Å². The molecule has 0 aliphatic carbocycles. The van der Waals surface area contributed by atoms with Crippen LogP contribution in [0.1, 0.15) is 10.9 Å². The van der Waals surface area contributed by atoms with Gasteiger partial charge >= 0.3 is 0 Å². The lowest BCUT2D eigenvalue weighted by Gasteiger charge is -2.20. The fraction of sp³-hybridized carbons (Fsp3) is 0.0952. The molecule has 26 heavy (non-hydrogen) atoms. The van der Waals surface area contributed by atoms with Crippen LogP contribution in [0.25, 0.3) is 21.0 Å². The normalized spacial score (nSPS) is 17.5. The number of anilines is 1. The highest BCUT2D eigenvalue weighted by atomic mass is 32.1. The second kappa shape index (κ2) is 5.75. The van der Waals surface area contributed by atoms with Crippen molar-refractivity contribution in [2.45, 2.75) is 5.92 Å². The summed E-state index contributed by atoms with van der Waals surface area (Å²) in [7, 11) is 0. The molecule has 1 fully saturated rings.